The van der Waals surface area contributed by atoms with Gasteiger partial charge in [-0.15, -0.1) is 0 Å². The van der Waals surface area contributed by atoms with Crippen LogP contribution in [0, 0.1) is 5.82 Å². The van der Waals surface area contributed by atoms with Crippen LogP contribution in [0.1, 0.15) is 12.0 Å². The Kier molecular flexibility index (Phi) is 3.24. The van der Waals surface area contributed by atoms with Crippen molar-refractivity contribution < 1.29 is 22.3 Å². The highest BCUT2D eigenvalue weighted by Crippen LogP contribution is 2.32. The second kappa shape index (κ2) is 4.52. The Morgan fingerprint density at radius 2 is 2.06 bits per heavy atom. The minimum Gasteiger partial charge on any atom is -0.486 e. The molecule has 1 saturated heterocycles. The molecule has 0 bridgehead atoms. The maximum Gasteiger partial charge on any atom is 0.416 e. The van der Waals surface area contributed by atoms with Gasteiger partial charge in [-0.3, -0.25) is 0 Å². The van der Waals surface area contributed by atoms with E-state index in [1.807, 2.05) is 0 Å². The summed E-state index contributed by atoms with van der Waals surface area (Å²) in [4.78, 5) is 0. The van der Waals surface area contributed by atoms with E-state index in [0.29, 0.717) is 12.6 Å². The van der Waals surface area contributed by atoms with Gasteiger partial charge in [-0.2, -0.15) is 13.2 Å². The van der Waals surface area contributed by atoms with E-state index in [-0.39, 0.29) is 11.9 Å². The zero-order chi connectivity index (χ0) is 12.5. The number of rotatable bonds is 2. The smallest absolute Gasteiger partial charge is 0.416 e. The molecular weight excluding hydrogens is 238 g/mol. The molecule has 0 aromatic heterocycles. The minimum atomic E-state index is -4.53. The van der Waals surface area contributed by atoms with E-state index in [1.165, 1.54) is 0 Å². The molecule has 2 rings (SSSR count). The third-order valence-corrected chi connectivity index (χ3v) is 2.57. The molecule has 1 atom stereocenters. The van der Waals surface area contributed by atoms with Gasteiger partial charge in [-0.1, -0.05) is 0 Å². The van der Waals surface area contributed by atoms with E-state index >= 15 is 0 Å². The lowest BCUT2D eigenvalue weighted by atomic mass is 10.2. The third kappa shape index (κ3) is 2.88. The topological polar surface area (TPSA) is 21.3 Å². The lowest BCUT2D eigenvalue weighted by molar-refractivity contribution is -0.137. The van der Waals surface area contributed by atoms with Gasteiger partial charge in [0.05, 0.1) is 5.56 Å². The molecule has 17 heavy (non-hydrogen) atoms. The third-order valence-electron chi connectivity index (χ3n) is 2.57. The van der Waals surface area contributed by atoms with Gasteiger partial charge >= 0.3 is 6.18 Å². The van der Waals surface area contributed by atoms with Crippen molar-refractivity contribution in [3.05, 3.63) is 29.6 Å². The molecule has 0 radical (unpaired) electrons. The SMILES string of the molecule is Fc1cc(C(F)(F)F)ccc1OC1CCNC1. The summed E-state index contributed by atoms with van der Waals surface area (Å²) in [6.45, 7) is 1.35. The molecule has 2 nitrogen and oxygen atoms in total. The van der Waals surface area contributed by atoms with Crippen LogP contribution in [0.5, 0.6) is 5.75 Å². The average molecular weight is 249 g/mol. The van der Waals surface area contributed by atoms with E-state index in [2.05, 4.69) is 5.32 Å². The molecule has 0 aliphatic carbocycles. The van der Waals surface area contributed by atoms with Crippen molar-refractivity contribution in [1.29, 1.82) is 0 Å². The highest BCUT2D eigenvalue weighted by molar-refractivity contribution is 5.31. The predicted octanol–water partition coefficient (Wildman–Crippen LogP) is 2.59. The molecule has 1 unspecified atom stereocenters. The summed E-state index contributed by atoms with van der Waals surface area (Å²) in [6.07, 6.45) is -3.99. The van der Waals surface area contributed by atoms with Crippen LogP contribution >= 0.6 is 0 Å². The molecule has 0 amide bonds. The van der Waals surface area contributed by atoms with Gasteiger partial charge in [0.2, 0.25) is 0 Å². The summed E-state index contributed by atoms with van der Waals surface area (Å²) in [7, 11) is 0. The van der Waals surface area contributed by atoms with Crippen molar-refractivity contribution in [2.24, 2.45) is 0 Å². The van der Waals surface area contributed by atoms with E-state index < -0.39 is 17.6 Å². The van der Waals surface area contributed by atoms with Crippen LogP contribution in [0.25, 0.3) is 0 Å². The standard InChI is InChI=1S/C11H11F4NO/c12-9-5-7(11(13,14)15)1-2-10(9)17-8-3-4-16-6-8/h1-2,5,8,16H,3-4,6H2. The number of ether oxygens (including phenoxy) is 1. The van der Waals surface area contributed by atoms with Gasteiger partial charge in [-0.05, 0) is 31.2 Å². The summed E-state index contributed by atoms with van der Waals surface area (Å²) < 4.78 is 55.5. The monoisotopic (exact) mass is 249 g/mol. The maximum absolute atomic E-state index is 13.4. The molecule has 1 aromatic rings. The van der Waals surface area contributed by atoms with Gasteiger partial charge in [-0.25, -0.2) is 4.39 Å². The Labute approximate surface area is 95.6 Å². The number of halogens is 4. The molecule has 1 heterocycles. The fourth-order valence-electron chi connectivity index (χ4n) is 1.68. The first-order valence-corrected chi connectivity index (χ1v) is 5.21. The molecular formula is C11H11F4NO. The van der Waals surface area contributed by atoms with Crippen molar-refractivity contribution in [2.75, 3.05) is 13.1 Å². The second-order valence-corrected chi connectivity index (χ2v) is 3.88. The Balaban J connectivity index is 2.14. The first kappa shape index (κ1) is 12.2. The zero-order valence-electron chi connectivity index (χ0n) is 8.85. The van der Waals surface area contributed by atoms with Gasteiger partial charge in [0, 0.05) is 6.54 Å². The summed E-state index contributed by atoms with van der Waals surface area (Å²) in [6, 6.07) is 2.30. The van der Waals surface area contributed by atoms with Crippen molar-refractivity contribution >= 4 is 0 Å². The largest absolute Gasteiger partial charge is 0.486 e. The fourth-order valence-corrected chi connectivity index (χ4v) is 1.68. The molecule has 94 valence electrons. The van der Waals surface area contributed by atoms with Crippen LogP contribution in [0.15, 0.2) is 18.2 Å². The zero-order valence-corrected chi connectivity index (χ0v) is 8.85. The quantitative estimate of drug-likeness (QED) is 0.813. The van der Waals surface area contributed by atoms with Crippen LogP contribution in [-0.4, -0.2) is 19.2 Å². The summed E-state index contributed by atoms with van der Waals surface area (Å²) in [5, 5.41) is 3.02. The van der Waals surface area contributed by atoms with E-state index in [9.17, 15) is 17.6 Å². The number of hydrogen-bond donors (Lipinski definition) is 1. The van der Waals surface area contributed by atoms with Crippen molar-refractivity contribution in [2.45, 2.75) is 18.7 Å². The number of benzene rings is 1. The van der Waals surface area contributed by atoms with Crippen LogP contribution in [0.4, 0.5) is 17.6 Å². The number of alkyl halides is 3. The Morgan fingerprint density at radius 3 is 2.59 bits per heavy atom. The molecule has 1 N–H and O–H groups in total. The van der Waals surface area contributed by atoms with Crippen LogP contribution < -0.4 is 10.1 Å². The lowest BCUT2D eigenvalue weighted by Gasteiger charge is -2.14. The van der Waals surface area contributed by atoms with E-state index in [0.717, 1.165) is 25.1 Å². The van der Waals surface area contributed by atoms with E-state index in [4.69, 9.17) is 4.74 Å². The predicted molar refractivity (Wildman–Crippen MR) is 53.3 cm³/mol. The van der Waals surface area contributed by atoms with Gasteiger partial charge in [0.1, 0.15) is 6.10 Å². The number of nitrogens with one attached hydrogen (secondary N) is 1. The minimum absolute atomic E-state index is 0.133. The Hall–Kier alpha value is -1.30. The summed E-state index contributed by atoms with van der Waals surface area (Å²) in [5.41, 5.74) is -1.01. The van der Waals surface area contributed by atoms with Crippen molar-refractivity contribution in [3.8, 4) is 5.75 Å². The summed E-state index contributed by atoms with van der Waals surface area (Å²) in [5.74, 6) is -1.11. The fraction of sp³-hybridized carbons (Fsp3) is 0.455. The molecule has 1 aromatic carbocycles. The highest BCUT2D eigenvalue weighted by Gasteiger charge is 2.31. The van der Waals surface area contributed by atoms with Gasteiger partial charge in [0.25, 0.3) is 0 Å². The number of hydrogen-bond acceptors (Lipinski definition) is 2. The highest BCUT2D eigenvalue weighted by atomic mass is 19.4. The van der Waals surface area contributed by atoms with Gasteiger partial charge < -0.3 is 10.1 Å². The molecule has 1 aliphatic rings. The van der Waals surface area contributed by atoms with Crippen LogP contribution in [0.3, 0.4) is 0 Å². The first-order valence-electron chi connectivity index (χ1n) is 5.21. The summed E-state index contributed by atoms with van der Waals surface area (Å²) >= 11 is 0. The van der Waals surface area contributed by atoms with Crippen LogP contribution in [-0.2, 0) is 6.18 Å². The Morgan fingerprint density at radius 1 is 1.29 bits per heavy atom. The second-order valence-electron chi connectivity index (χ2n) is 3.88. The first-order chi connectivity index (χ1) is 7.97. The molecule has 0 spiro atoms. The van der Waals surface area contributed by atoms with Crippen molar-refractivity contribution in [3.63, 3.8) is 0 Å². The average Bonchev–Trinajstić information content (AvgIpc) is 2.72. The lowest BCUT2D eigenvalue weighted by Crippen LogP contribution is -2.20. The van der Waals surface area contributed by atoms with Crippen LogP contribution in [0.2, 0.25) is 0 Å². The van der Waals surface area contributed by atoms with Gasteiger partial charge in [0.15, 0.2) is 11.6 Å². The Bertz CT molecular complexity index is 399. The molecule has 0 saturated carbocycles. The molecule has 1 aliphatic heterocycles. The normalized spacial score (nSPS) is 20.6. The maximum atomic E-state index is 13.4. The molecule has 1 fully saturated rings. The van der Waals surface area contributed by atoms with Crippen molar-refractivity contribution in [1.82, 2.24) is 5.32 Å². The molecule has 6 heteroatoms. The van der Waals surface area contributed by atoms with E-state index in [1.54, 1.807) is 0 Å².